The van der Waals surface area contributed by atoms with Crippen LogP contribution in [0.3, 0.4) is 0 Å². The topological polar surface area (TPSA) is 54.0 Å². The Hall–Kier alpha value is -2.87. The van der Waals surface area contributed by atoms with Gasteiger partial charge in [-0.25, -0.2) is 4.98 Å². The Bertz CT molecular complexity index is 1170. The smallest absolute Gasteiger partial charge is 0.382 e. The van der Waals surface area contributed by atoms with E-state index < -0.39 is 11.9 Å². The number of carbonyl (C=O) groups is 1. The van der Waals surface area contributed by atoms with Gasteiger partial charge in [0.25, 0.3) is 5.91 Å². The van der Waals surface area contributed by atoms with Crippen LogP contribution in [0, 0.1) is 13.8 Å². The molecule has 0 unspecified atom stereocenters. The Morgan fingerprint density at radius 2 is 1.85 bits per heavy atom. The summed E-state index contributed by atoms with van der Waals surface area (Å²) in [6.07, 6.45) is -2.12. The molecule has 2 aromatic carbocycles. The number of anilines is 1. The summed E-state index contributed by atoms with van der Waals surface area (Å²) in [5, 5.41) is 7.20. The van der Waals surface area contributed by atoms with Gasteiger partial charge in [-0.1, -0.05) is 36.4 Å². The number of para-hydroxylation sites is 1. The van der Waals surface area contributed by atoms with Crippen LogP contribution in [0.15, 0.2) is 48.5 Å². The van der Waals surface area contributed by atoms with Crippen molar-refractivity contribution in [2.45, 2.75) is 57.0 Å². The van der Waals surface area contributed by atoms with E-state index in [-0.39, 0.29) is 17.6 Å². The molecule has 0 aliphatic carbocycles. The van der Waals surface area contributed by atoms with Crippen LogP contribution in [0.4, 0.5) is 18.9 Å². The molecule has 4 nitrogen and oxygen atoms in total. The minimum absolute atomic E-state index is 0.0343. The molecule has 4 rings (SSSR count). The van der Waals surface area contributed by atoms with E-state index in [2.05, 4.69) is 15.6 Å². The fourth-order valence-corrected chi connectivity index (χ4v) is 5.67. The first-order valence-electron chi connectivity index (χ1n) is 11.1. The normalized spacial score (nSPS) is 19.2. The molecule has 33 heavy (non-hydrogen) atoms. The average Bonchev–Trinajstić information content (AvgIpc) is 3.00. The molecule has 2 radical (unpaired) electrons. The first kappa shape index (κ1) is 23.3. The van der Waals surface area contributed by atoms with Crippen molar-refractivity contribution in [3.8, 4) is 0 Å². The standard InChI is InChI=1S/C25H26F3N3OSi/c1-15-6-5-8-18(16(15)2)24(32)31-23-11-10-17(12-13-33-23)29-21-14-22(25(26,27)28)30-20-9-4-3-7-19(20)21/h3-9,14,17,23H,10-13H2,1-2H3,(H,29,30)(H,31,32)/t17-,23-/m1/s1. The highest BCUT2D eigenvalue weighted by molar-refractivity contribution is 6.38. The molecule has 1 amide bonds. The molecule has 1 saturated heterocycles. The summed E-state index contributed by atoms with van der Waals surface area (Å²) in [7, 11) is 0.570. The van der Waals surface area contributed by atoms with Crippen LogP contribution in [-0.4, -0.2) is 32.1 Å². The summed E-state index contributed by atoms with van der Waals surface area (Å²) in [4.78, 5) is 16.6. The second-order valence-electron chi connectivity index (χ2n) is 8.50. The van der Waals surface area contributed by atoms with Gasteiger partial charge in [0.2, 0.25) is 0 Å². The zero-order chi connectivity index (χ0) is 23.6. The van der Waals surface area contributed by atoms with E-state index in [9.17, 15) is 18.0 Å². The number of fused-ring (bicyclic) bond motifs is 1. The van der Waals surface area contributed by atoms with Crippen LogP contribution >= 0.6 is 0 Å². The minimum Gasteiger partial charge on any atom is -0.382 e. The van der Waals surface area contributed by atoms with Gasteiger partial charge in [0.1, 0.15) is 5.69 Å². The van der Waals surface area contributed by atoms with Crippen molar-refractivity contribution in [3.63, 3.8) is 0 Å². The summed E-state index contributed by atoms with van der Waals surface area (Å²) in [6.45, 7) is 3.94. The maximum absolute atomic E-state index is 13.4. The van der Waals surface area contributed by atoms with Gasteiger partial charge in [0.05, 0.1) is 15.0 Å². The average molecular weight is 470 g/mol. The van der Waals surface area contributed by atoms with E-state index in [1.807, 2.05) is 32.0 Å². The predicted octanol–water partition coefficient (Wildman–Crippen LogP) is 5.71. The lowest BCUT2D eigenvalue weighted by molar-refractivity contribution is -0.140. The molecular weight excluding hydrogens is 443 g/mol. The summed E-state index contributed by atoms with van der Waals surface area (Å²) in [5.74, 6) is -0.0601. The Morgan fingerprint density at radius 1 is 1.06 bits per heavy atom. The second kappa shape index (κ2) is 9.55. The van der Waals surface area contributed by atoms with Gasteiger partial charge in [-0.2, -0.15) is 13.2 Å². The zero-order valence-electron chi connectivity index (χ0n) is 18.6. The number of aryl methyl sites for hydroxylation is 1. The van der Waals surface area contributed by atoms with Crippen molar-refractivity contribution in [2.75, 3.05) is 5.32 Å². The molecule has 2 atom stereocenters. The number of nitrogens with zero attached hydrogens (tertiary/aromatic N) is 1. The van der Waals surface area contributed by atoms with E-state index in [4.69, 9.17) is 0 Å². The molecule has 0 bridgehead atoms. The molecule has 1 aromatic heterocycles. The van der Waals surface area contributed by atoms with E-state index in [0.29, 0.717) is 31.7 Å². The lowest BCUT2D eigenvalue weighted by Gasteiger charge is -2.21. The number of nitrogens with one attached hydrogen (secondary N) is 2. The predicted molar refractivity (Wildman–Crippen MR) is 126 cm³/mol. The second-order valence-corrected chi connectivity index (χ2v) is 10.1. The van der Waals surface area contributed by atoms with E-state index >= 15 is 0 Å². The third-order valence-electron chi connectivity index (χ3n) is 6.21. The van der Waals surface area contributed by atoms with Crippen LogP contribution in [-0.2, 0) is 6.18 Å². The summed E-state index contributed by atoms with van der Waals surface area (Å²) in [5.41, 5.74) is 2.72. The number of hydrogen-bond donors (Lipinski definition) is 2. The number of halogens is 3. The number of aromatic nitrogens is 1. The number of pyridine rings is 1. The van der Waals surface area contributed by atoms with Gasteiger partial charge in [-0.3, -0.25) is 4.79 Å². The summed E-state index contributed by atoms with van der Waals surface area (Å²) in [6, 6.07) is 14.6. The maximum atomic E-state index is 13.4. The number of carbonyl (C=O) groups excluding carboxylic acids is 1. The monoisotopic (exact) mass is 469 g/mol. The van der Waals surface area contributed by atoms with Crippen molar-refractivity contribution in [1.29, 1.82) is 0 Å². The van der Waals surface area contributed by atoms with Crippen molar-refractivity contribution in [1.82, 2.24) is 10.3 Å². The first-order valence-corrected chi connectivity index (χ1v) is 12.3. The number of alkyl halides is 3. The molecule has 2 N–H and O–H groups in total. The molecule has 1 fully saturated rings. The number of rotatable bonds is 4. The van der Waals surface area contributed by atoms with Gasteiger partial charge in [-0.05, 0) is 62.4 Å². The number of benzene rings is 2. The molecule has 3 aromatic rings. The van der Waals surface area contributed by atoms with Crippen molar-refractivity contribution in [3.05, 3.63) is 70.9 Å². The molecule has 2 heterocycles. The molecule has 172 valence electrons. The lowest BCUT2D eigenvalue weighted by atomic mass is 10.0. The van der Waals surface area contributed by atoms with Crippen LogP contribution < -0.4 is 10.6 Å². The number of amides is 1. The largest absolute Gasteiger partial charge is 0.433 e. The summed E-state index contributed by atoms with van der Waals surface area (Å²) < 4.78 is 40.1. The molecule has 0 spiro atoms. The van der Waals surface area contributed by atoms with Gasteiger partial charge in [-0.15, -0.1) is 0 Å². The van der Waals surface area contributed by atoms with Crippen LogP contribution in [0.5, 0.6) is 0 Å². The van der Waals surface area contributed by atoms with E-state index in [1.54, 1.807) is 24.3 Å². The van der Waals surface area contributed by atoms with Gasteiger partial charge in [0, 0.05) is 28.3 Å². The maximum Gasteiger partial charge on any atom is 0.433 e. The molecule has 1 aliphatic rings. The fourth-order valence-electron chi connectivity index (χ4n) is 4.21. The highest BCUT2D eigenvalue weighted by atomic mass is 28.2. The van der Waals surface area contributed by atoms with Crippen molar-refractivity contribution in [2.24, 2.45) is 0 Å². The minimum atomic E-state index is -4.51. The third kappa shape index (κ3) is 5.38. The van der Waals surface area contributed by atoms with Gasteiger partial charge >= 0.3 is 6.18 Å². The first-order chi connectivity index (χ1) is 15.7. The summed E-state index contributed by atoms with van der Waals surface area (Å²) >= 11 is 0. The van der Waals surface area contributed by atoms with Gasteiger partial charge in [0.15, 0.2) is 0 Å². The molecule has 8 heteroatoms. The lowest BCUT2D eigenvalue weighted by Crippen LogP contribution is -2.39. The number of hydrogen-bond acceptors (Lipinski definition) is 3. The quantitative estimate of drug-likeness (QED) is 0.481. The third-order valence-corrected chi connectivity index (χ3v) is 7.71. The van der Waals surface area contributed by atoms with Crippen LogP contribution in [0.25, 0.3) is 10.9 Å². The van der Waals surface area contributed by atoms with Gasteiger partial charge < -0.3 is 10.6 Å². The van der Waals surface area contributed by atoms with E-state index in [1.165, 1.54) is 0 Å². The van der Waals surface area contributed by atoms with Crippen LogP contribution in [0.2, 0.25) is 6.04 Å². The molecule has 0 saturated carbocycles. The Labute approximate surface area is 193 Å². The van der Waals surface area contributed by atoms with Crippen LogP contribution in [0.1, 0.15) is 46.4 Å². The zero-order valence-corrected chi connectivity index (χ0v) is 19.6. The Kier molecular flexibility index (Phi) is 6.74. The fraction of sp³-hybridized carbons (Fsp3) is 0.360. The molecular formula is C25H26F3N3OSi. The Balaban J connectivity index is 1.46. The van der Waals surface area contributed by atoms with Crippen molar-refractivity contribution < 1.29 is 18.0 Å². The Morgan fingerprint density at radius 3 is 2.64 bits per heavy atom. The molecule has 1 aliphatic heterocycles. The SMILES string of the molecule is Cc1cccc(C(=O)N[C@H]2CC[C@@H](Nc3cc(C(F)(F)F)nc4ccccc34)CC[Si]2)c1C. The highest BCUT2D eigenvalue weighted by Gasteiger charge is 2.33. The van der Waals surface area contributed by atoms with Crippen molar-refractivity contribution >= 4 is 32.0 Å². The highest BCUT2D eigenvalue weighted by Crippen LogP contribution is 2.34. The van der Waals surface area contributed by atoms with E-state index in [0.717, 1.165) is 42.5 Å².